The van der Waals surface area contributed by atoms with E-state index in [0.717, 1.165) is 17.9 Å². The standard InChI is InChI=1S/C15H31N3/c1-13(2)14-11-15(12-14)16-5-4-6-18-9-7-17(3)8-10-18/h13-16H,4-12H2,1-3H3. The third-order valence-corrected chi connectivity index (χ3v) is 4.80. The van der Waals surface area contributed by atoms with Gasteiger partial charge in [0.05, 0.1) is 0 Å². The topological polar surface area (TPSA) is 18.5 Å². The van der Waals surface area contributed by atoms with Crippen LogP contribution in [0.1, 0.15) is 33.1 Å². The van der Waals surface area contributed by atoms with Crippen LogP contribution in [0.2, 0.25) is 0 Å². The van der Waals surface area contributed by atoms with Crippen molar-refractivity contribution in [2.75, 3.05) is 46.3 Å². The van der Waals surface area contributed by atoms with E-state index in [1.807, 2.05) is 0 Å². The largest absolute Gasteiger partial charge is 0.314 e. The molecule has 18 heavy (non-hydrogen) atoms. The highest BCUT2D eigenvalue weighted by atomic mass is 15.2. The minimum atomic E-state index is 0.824. The predicted octanol–water partition coefficient (Wildman–Crippen LogP) is 1.65. The summed E-state index contributed by atoms with van der Waals surface area (Å²) in [5.41, 5.74) is 0. The van der Waals surface area contributed by atoms with E-state index < -0.39 is 0 Å². The molecular formula is C15H31N3. The average Bonchev–Trinajstić information content (AvgIpc) is 2.28. The smallest absolute Gasteiger partial charge is 0.0110 e. The van der Waals surface area contributed by atoms with Gasteiger partial charge in [0, 0.05) is 32.2 Å². The number of hydrogen-bond acceptors (Lipinski definition) is 3. The molecule has 0 bridgehead atoms. The molecule has 1 saturated heterocycles. The number of hydrogen-bond donors (Lipinski definition) is 1. The van der Waals surface area contributed by atoms with E-state index in [1.54, 1.807) is 0 Å². The second kappa shape index (κ2) is 6.88. The van der Waals surface area contributed by atoms with Crippen LogP contribution in [-0.2, 0) is 0 Å². The van der Waals surface area contributed by atoms with Crippen molar-refractivity contribution in [3.63, 3.8) is 0 Å². The Kier molecular flexibility index (Phi) is 5.46. The Bertz CT molecular complexity index is 228. The van der Waals surface area contributed by atoms with E-state index in [1.165, 1.54) is 58.5 Å². The van der Waals surface area contributed by atoms with Gasteiger partial charge >= 0.3 is 0 Å². The molecular weight excluding hydrogens is 222 g/mol. The van der Waals surface area contributed by atoms with Gasteiger partial charge in [-0.15, -0.1) is 0 Å². The third kappa shape index (κ3) is 4.22. The van der Waals surface area contributed by atoms with Crippen LogP contribution in [-0.4, -0.2) is 62.2 Å². The van der Waals surface area contributed by atoms with Crippen LogP contribution in [0.15, 0.2) is 0 Å². The van der Waals surface area contributed by atoms with Gasteiger partial charge in [0.1, 0.15) is 0 Å². The maximum atomic E-state index is 3.72. The summed E-state index contributed by atoms with van der Waals surface area (Å²) in [7, 11) is 2.22. The Balaban J connectivity index is 1.45. The molecule has 1 N–H and O–H groups in total. The second-order valence-corrected chi connectivity index (χ2v) is 6.63. The quantitative estimate of drug-likeness (QED) is 0.726. The van der Waals surface area contributed by atoms with Crippen molar-refractivity contribution in [3.05, 3.63) is 0 Å². The van der Waals surface area contributed by atoms with Gasteiger partial charge in [-0.05, 0) is 51.2 Å². The lowest BCUT2D eigenvalue weighted by molar-refractivity contribution is 0.146. The molecule has 2 fully saturated rings. The van der Waals surface area contributed by atoms with Gasteiger partial charge in [0.25, 0.3) is 0 Å². The molecule has 1 aliphatic carbocycles. The monoisotopic (exact) mass is 253 g/mol. The fraction of sp³-hybridized carbons (Fsp3) is 1.00. The van der Waals surface area contributed by atoms with E-state index in [4.69, 9.17) is 0 Å². The fourth-order valence-electron chi connectivity index (χ4n) is 3.05. The molecule has 1 aliphatic heterocycles. The van der Waals surface area contributed by atoms with Gasteiger partial charge in [0.2, 0.25) is 0 Å². The Hall–Kier alpha value is -0.120. The van der Waals surface area contributed by atoms with E-state index in [2.05, 4.69) is 36.0 Å². The van der Waals surface area contributed by atoms with Crippen LogP contribution in [0.3, 0.4) is 0 Å². The van der Waals surface area contributed by atoms with Gasteiger partial charge < -0.3 is 15.1 Å². The highest BCUT2D eigenvalue weighted by Gasteiger charge is 2.30. The number of nitrogens with zero attached hydrogens (tertiary/aromatic N) is 2. The molecule has 2 aliphatic rings. The molecule has 0 aromatic heterocycles. The highest BCUT2D eigenvalue weighted by molar-refractivity contribution is 4.86. The first-order valence-corrected chi connectivity index (χ1v) is 7.79. The van der Waals surface area contributed by atoms with Crippen LogP contribution in [0.5, 0.6) is 0 Å². The Morgan fingerprint density at radius 1 is 1.11 bits per heavy atom. The van der Waals surface area contributed by atoms with Crippen molar-refractivity contribution in [2.45, 2.75) is 39.2 Å². The van der Waals surface area contributed by atoms with Crippen molar-refractivity contribution in [1.82, 2.24) is 15.1 Å². The number of nitrogens with one attached hydrogen (secondary N) is 1. The van der Waals surface area contributed by atoms with Crippen LogP contribution in [0.25, 0.3) is 0 Å². The van der Waals surface area contributed by atoms with E-state index in [-0.39, 0.29) is 0 Å². The lowest BCUT2D eigenvalue weighted by atomic mass is 9.74. The lowest BCUT2D eigenvalue weighted by Gasteiger charge is -2.39. The van der Waals surface area contributed by atoms with E-state index >= 15 is 0 Å². The summed E-state index contributed by atoms with van der Waals surface area (Å²) in [5, 5.41) is 3.72. The van der Waals surface area contributed by atoms with Gasteiger partial charge in [-0.25, -0.2) is 0 Å². The zero-order valence-corrected chi connectivity index (χ0v) is 12.5. The van der Waals surface area contributed by atoms with Gasteiger partial charge in [0.15, 0.2) is 0 Å². The maximum Gasteiger partial charge on any atom is 0.0110 e. The first-order valence-electron chi connectivity index (χ1n) is 7.79. The number of likely N-dealkylation sites (N-methyl/N-ethyl adjacent to an activating group) is 1. The summed E-state index contributed by atoms with van der Waals surface area (Å²) < 4.78 is 0. The normalized spacial score (nSPS) is 30.7. The van der Waals surface area contributed by atoms with E-state index in [9.17, 15) is 0 Å². The SMILES string of the molecule is CC(C)C1CC(NCCCN2CCN(C)CC2)C1. The van der Waals surface area contributed by atoms with Crippen LogP contribution < -0.4 is 5.32 Å². The molecule has 0 aromatic rings. The second-order valence-electron chi connectivity index (χ2n) is 6.63. The minimum Gasteiger partial charge on any atom is -0.314 e. The molecule has 0 atom stereocenters. The maximum absolute atomic E-state index is 3.72. The van der Waals surface area contributed by atoms with Crippen molar-refractivity contribution in [2.24, 2.45) is 11.8 Å². The van der Waals surface area contributed by atoms with Gasteiger partial charge in [-0.1, -0.05) is 13.8 Å². The molecule has 0 radical (unpaired) electrons. The van der Waals surface area contributed by atoms with Crippen molar-refractivity contribution in [3.8, 4) is 0 Å². The summed E-state index contributed by atoms with van der Waals surface area (Å²) >= 11 is 0. The van der Waals surface area contributed by atoms with Crippen molar-refractivity contribution < 1.29 is 0 Å². The molecule has 1 saturated carbocycles. The third-order valence-electron chi connectivity index (χ3n) is 4.80. The summed E-state index contributed by atoms with van der Waals surface area (Å²) in [6, 6.07) is 0.824. The highest BCUT2D eigenvalue weighted by Crippen LogP contribution is 2.33. The molecule has 0 amide bonds. The molecule has 0 spiro atoms. The predicted molar refractivity (Wildman–Crippen MR) is 77.9 cm³/mol. The molecule has 3 nitrogen and oxygen atoms in total. The molecule has 1 heterocycles. The molecule has 2 rings (SSSR count). The molecule has 106 valence electrons. The number of piperazine rings is 1. The number of rotatable bonds is 6. The fourth-order valence-corrected chi connectivity index (χ4v) is 3.05. The first-order chi connectivity index (χ1) is 8.65. The zero-order valence-electron chi connectivity index (χ0n) is 12.5. The van der Waals surface area contributed by atoms with Gasteiger partial charge in [-0.2, -0.15) is 0 Å². The Labute approximate surface area is 113 Å². The molecule has 0 unspecified atom stereocenters. The van der Waals surface area contributed by atoms with Crippen molar-refractivity contribution >= 4 is 0 Å². The first kappa shape index (κ1) is 14.3. The lowest BCUT2D eigenvalue weighted by Crippen LogP contribution is -2.46. The van der Waals surface area contributed by atoms with Crippen LogP contribution in [0, 0.1) is 11.8 Å². The Morgan fingerprint density at radius 2 is 1.78 bits per heavy atom. The summed E-state index contributed by atoms with van der Waals surface area (Å²) in [4.78, 5) is 5.04. The zero-order chi connectivity index (χ0) is 13.0. The Morgan fingerprint density at radius 3 is 2.39 bits per heavy atom. The summed E-state index contributed by atoms with van der Waals surface area (Å²) in [6.07, 6.45) is 4.13. The average molecular weight is 253 g/mol. The van der Waals surface area contributed by atoms with Gasteiger partial charge in [-0.3, -0.25) is 0 Å². The van der Waals surface area contributed by atoms with E-state index in [0.29, 0.717) is 0 Å². The summed E-state index contributed by atoms with van der Waals surface area (Å²) in [6.45, 7) is 12.2. The summed E-state index contributed by atoms with van der Waals surface area (Å²) in [5.74, 6) is 1.87. The molecule has 0 aromatic carbocycles. The molecule has 3 heteroatoms. The van der Waals surface area contributed by atoms with Crippen molar-refractivity contribution in [1.29, 1.82) is 0 Å². The van der Waals surface area contributed by atoms with Crippen LogP contribution >= 0.6 is 0 Å². The van der Waals surface area contributed by atoms with Crippen LogP contribution in [0.4, 0.5) is 0 Å². The minimum absolute atomic E-state index is 0.824.